The Kier molecular flexibility index (Phi) is 7.64. The van der Waals surface area contributed by atoms with Crippen molar-refractivity contribution in [1.29, 1.82) is 0 Å². The van der Waals surface area contributed by atoms with E-state index in [4.69, 9.17) is 14.0 Å². The highest BCUT2D eigenvalue weighted by Gasteiger charge is 2.40. The van der Waals surface area contributed by atoms with E-state index in [1.165, 1.54) is 55.4 Å². The summed E-state index contributed by atoms with van der Waals surface area (Å²) in [4.78, 5) is -2.10. The normalized spacial score (nSPS) is 13.7. The maximum Gasteiger partial charge on any atom is 0.266 e. The summed E-state index contributed by atoms with van der Waals surface area (Å²) in [5, 5.41) is 8.26. The molecular weight excluding hydrogens is 665 g/mol. The first-order valence-electron chi connectivity index (χ1n) is 13.0. The smallest absolute Gasteiger partial charge is 0.266 e. The minimum absolute atomic E-state index is 0.0268. The second-order valence-electron chi connectivity index (χ2n) is 9.91. The van der Waals surface area contributed by atoms with E-state index in [-0.39, 0.29) is 45.4 Å². The van der Waals surface area contributed by atoms with Gasteiger partial charge in [-0.3, -0.25) is 9.40 Å². The van der Waals surface area contributed by atoms with Crippen molar-refractivity contribution >= 4 is 36.8 Å². The molecule has 1 aliphatic heterocycles. The molecule has 1 N–H and O–H groups in total. The monoisotopic (exact) mass is 685 g/mol. The minimum Gasteiger partial charge on any atom is -0.496 e. The van der Waals surface area contributed by atoms with Gasteiger partial charge in [-0.1, -0.05) is 17.3 Å². The van der Waals surface area contributed by atoms with Crippen LogP contribution in [0.3, 0.4) is 0 Å². The molecule has 1 aliphatic rings. The summed E-state index contributed by atoms with van der Waals surface area (Å²) in [5.74, 6) is -12.1. The average molecular weight is 686 g/mol. The van der Waals surface area contributed by atoms with Crippen LogP contribution in [0.5, 0.6) is 11.5 Å². The summed E-state index contributed by atoms with van der Waals surface area (Å²) in [6.45, 7) is -0.966. The molecule has 12 nitrogen and oxygen atoms in total. The van der Waals surface area contributed by atoms with Crippen LogP contribution in [-0.4, -0.2) is 50.3 Å². The molecular formula is C27H20F5N5O7S2. The topological polar surface area (TPSA) is 146 Å². The Morgan fingerprint density at radius 1 is 0.891 bits per heavy atom. The Bertz CT molecular complexity index is 2230. The quantitative estimate of drug-likeness (QED) is 0.136. The average Bonchev–Trinajstić information content (AvgIpc) is 3.74. The Balaban J connectivity index is 1.28. The summed E-state index contributed by atoms with van der Waals surface area (Å²) in [5.41, 5.74) is 1.21. The Hall–Kier alpha value is -4.75. The molecule has 19 heteroatoms. The molecule has 242 valence electrons. The molecule has 2 aromatic heterocycles. The number of para-hydroxylation sites is 1. The van der Waals surface area contributed by atoms with Crippen molar-refractivity contribution in [1.82, 2.24) is 19.2 Å². The molecule has 0 spiro atoms. The zero-order valence-corrected chi connectivity index (χ0v) is 25.1. The number of ether oxygens (including phenoxy) is 2. The van der Waals surface area contributed by atoms with Gasteiger partial charge in [0.15, 0.2) is 39.6 Å². The molecule has 0 unspecified atom stereocenters. The van der Waals surface area contributed by atoms with Crippen molar-refractivity contribution in [2.75, 3.05) is 18.9 Å². The number of rotatable bonds is 9. The van der Waals surface area contributed by atoms with E-state index in [1.807, 2.05) is 0 Å². The third-order valence-corrected chi connectivity index (χ3v) is 10.4. The lowest BCUT2D eigenvalue weighted by Gasteiger charge is -2.18. The Labute approximate surface area is 257 Å². The van der Waals surface area contributed by atoms with Crippen molar-refractivity contribution in [3.05, 3.63) is 88.5 Å². The van der Waals surface area contributed by atoms with Gasteiger partial charge in [-0.25, -0.2) is 38.8 Å². The van der Waals surface area contributed by atoms with Crippen molar-refractivity contribution < 1.29 is 52.8 Å². The van der Waals surface area contributed by atoms with Crippen LogP contribution in [0.4, 0.5) is 27.8 Å². The van der Waals surface area contributed by atoms with E-state index in [0.717, 1.165) is 0 Å². The third kappa shape index (κ3) is 4.99. The number of nitrogens with one attached hydrogen (secondary N) is 1. The SMILES string of the molecule is COc1ccccc1S(=O)(=O)Nc1noc2cc(Cn3ncc4c3CN(S(=O)(=O)c3c(F)c(F)c(F)c(F)c3F)C4)cc(OC)c12. The number of halogens is 5. The van der Waals surface area contributed by atoms with Gasteiger partial charge < -0.3 is 14.0 Å². The van der Waals surface area contributed by atoms with Crippen LogP contribution >= 0.6 is 0 Å². The fourth-order valence-electron chi connectivity index (χ4n) is 5.03. The van der Waals surface area contributed by atoms with Crippen molar-refractivity contribution in [3.8, 4) is 11.5 Å². The van der Waals surface area contributed by atoms with Crippen LogP contribution in [0, 0.1) is 29.1 Å². The van der Waals surface area contributed by atoms with Gasteiger partial charge in [0.05, 0.1) is 39.2 Å². The Morgan fingerprint density at radius 2 is 1.54 bits per heavy atom. The van der Waals surface area contributed by atoms with Crippen LogP contribution in [0.1, 0.15) is 16.8 Å². The van der Waals surface area contributed by atoms with Gasteiger partial charge in [0.1, 0.15) is 21.8 Å². The van der Waals surface area contributed by atoms with Crippen molar-refractivity contribution in [2.45, 2.75) is 29.4 Å². The minimum atomic E-state index is -5.18. The van der Waals surface area contributed by atoms with Gasteiger partial charge in [-0.2, -0.15) is 9.40 Å². The second-order valence-corrected chi connectivity index (χ2v) is 13.4. The van der Waals surface area contributed by atoms with Crippen LogP contribution in [0.25, 0.3) is 11.0 Å². The van der Waals surface area contributed by atoms with Crippen molar-refractivity contribution in [2.24, 2.45) is 0 Å². The van der Waals surface area contributed by atoms with Gasteiger partial charge >= 0.3 is 0 Å². The molecule has 0 aliphatic carbocycles. The third-order valence-electron chi connectivity index (χ3n) is 7.22. The number of nitrogens with zero attached hydrogens (tertiary/aromatic N) is 4. The summed E-state index contributed by atoms with van der Waals surface area (Å²) in [6.07, 6.45) is 1.30. The molecule has 3 heterocycles. The highest BCUT2D eigenvalue weighted by Crippen LogP contribution is 2.37. The highest BCUT2D eigenvalue weighted by atomic mass is 32.2. The van der Waals surface area contributed by atoms with Crippen LogP contribution < -0.4 is 14.2 Å². The first kappa shape index (κ1) is 31.2. The molecule has 0 atom stereocenters. The Morgan fingerprint density at radius 3 is 2.22 bits per heavy atom. The molecule has 46 heavy (non-hydrogen) atoms. The van der Waals surface area contributed by atoms with E-state index in [9.17, 15) is 38.8 Å². The van der Waals surface area contributed by atoms with Gasteiger partial charge in [0.2, 0.25) is 15.8 Å². The number of methoxy groups -OCH3 is 2. The molecule has 0 amide bonds. The fourth-order valence-corrected chi connectivity index (χ4v) is 7.70. The largest absolute Gasteiger partial charge is 0.496 e. The van der Waals surface area contributed by atoms with Gasteiger partial charge in [0.25, 0.3) is 10.0 Å². The number of anilines is 1. The summed E-state index contributed by atoms with van der Waals surface area (Å²) < 4.78 is 142. The molecule has 0 saturated carbocycles. The summed E-state index contributed by atoms with van der Waals surface area (Å²) in [7, 11) is -6.70. The molecule has 0 radical (unpaired) electrons. The lowest BCUT2D eigenvalue weighted by atomic mass is 10.1. The van der Waals surface area contributed by atoms with E-state index < -0.39 is 67.1 Å². The molecule has 5 aromatic rings. The number of sulfonamides is 2. The van der Waals surface area contributed by atoms with Crippen molar-refractivity contribution in [3.63, 3.8) is 0 Å². The number of benzene rings is 3. The molecule has 3 aromatic carbocycles. The first-order valence-corrected chi connectivity index (χ1v) is 15.9. The van der Waals surface area contributed by atoms with Crippen LogP contribution in [0.15, 0.2) is 56.9 Å². The summed E-state index contributed by atoms with van der Waals surface area (Å²) in [6, 6.07) is 8.99. The lowest BCUT2D eigenvalue weighted by molar-refractivity contribution is 0.349. The number of aromatic nitrogens is 3. The predicted molar refractivity (Wildman–Crippen MR) is 148 cm³/mol. The second kappa shape index (κ2) is 11.2. The van der Waals surface area contributed by atoms with E-state index in [0.29, 0.717) is 15.4 Å². The molecule has 0 bridgehead atoms. The molecule has 6 rings (SSSR count). The number of hydrogen-bond acceptors (Lipinski definition) is 9. The zero-order valence-electron chi connectivity index (χ0n) is 23.5. The summed E-state index contributed by atoms with van der Waals surface area (Å²) >= 11 is 0. The highest BCUT2D eigenvalue weighted by molar-refractivity contribution is 7.92. The van der Waals surface area contributed by atoms with Gasteiger partial charge in [0, 0.05) is 12.1 Å². The van der Waals surface area contributed by atoms with Gasteiger partial charge in [-0.05, 0) is 29.8 Å². The molecule has 0 saturated heterocycles. The van der Waals surface area contributed by atoms with Crippen LogP contribution in [0.2, 0.25) is 0 Å². The standard InChI is InChI=1S/C27H20F5N5O7S2/c1-42-16-5-3-4-6-19(16)45(38,39)35-27-20-17(43-2)7-13(8-18(20)44-34-27)10-37-15-12-36(11-14(15)9-33-37)46(40,41)26-24(31)22(29)21(28)23(30)25(26)32/h3-9H,10-12H2,1-2H3,(H,34,35). The fraction of sp³-hybridized carbons (Fsp3) is 0.185. The van der Waals surface area contributed by atoms with E-state index in [1.54, 1.807) is 6.07 Å². The first-order chi connectivity index (χ1) is 21.8. The van der Waals surface area contributed by atoms with Crippen LogP contribution in [-0.2, 0) is 39.7 Å². The predicted octanol–water partition coefficient (Wildman–Crippen LogP) is 4.29. The lowest BCUT2D eigenvalue weighted by Crippen LogP contribution is -2.29. The van der Waals surface area contributed by atoms with Gasteiger partial charge in [-0.15, -0.1) is 0 Å². The number of hydrogen-bond donors (Lipinski definition) is 1. The maximum atomic E-state index is 14.4. The maximum absolute atomic E-state index is 14.4. The van der Waals surface area contributed by atoms with E-state index >= 15 is 0 Å². The van der Waals surface area contributed by atoms with E-state index in [2.05, 4.69) is 15.0 Å². The number of fused-ring (bicyclic) bond motifs is 2. The molecule has 0 fully saturated rings. The zero-order chi connectivity index (χ0) is 33.1.